The third kappa shape index (κ3) is 19.6. The lowest BCUT2D eigenvalue weighted by atomic mass is 10.00. The molecule has 0 aromatic rings. The van der Waals surface area contributed by atoms with E-state index in [1.54, 1.807) is 14.0 Å². The van der Waals surface area contributed by atoms with E-state index in [0.29, 0.717) is 24.2 Å². The molecule has 1 unspecified atom stereocenters. The predicted molar refractivity (Wildman–Crippen MR) is 77.0 cm³/mol. The topological polar surface area (TPSA) is 52.6 Å². The van der Waals surface area contributed by atoms with Crippen LogP contribution in [-0.2, 0) is 19.1 Å². The number of methoxy groups -OCH3 is 1. The zero-order valence-corrected chi connectivity index (χ0v) is 13.5. The maximum atomic E-state index is 11.1. The quantitative estimate of drug-likeness (QED) is 0.669. The minimum atomic E-state index is -0.264. The van der Waals surface area contributed by atoms with Crippen LogP contribution < -0.4 is 0 Å². The Hall–Kier alpha value is -0.900. The van der Waals surface area contributed by atoms with Crippen molar-refractivity contribution in [1.29, 1.82) is 0 Å². The minimum absolute atomic E-state index is 0.132. The molecule has 114 valence electrons. The molecule has 4 nitrogen and oxygen atoms in total. The molecule has 1 atom stereocenters. The van der Waals surface area contributed by atoms with Crippen LogP contribution in [0.25, 0.3) is 0 Å². The second-order valence-corrected chi connectivity index (χ2v) is 5.61. The van der Waals surface area contributed by atoms with Crippen LogP contribution in [0.1, 0.15) is 54.4 Å². The number of carbonyl (C=O) groups excluding carboxylic acids is 2. The molecule has 0 fully saturated rings. The fourth-order valence-corrected chi connectivity index (χ4v) is 1.55. The van der Waals surface area contributed by atoms with Gasteiger partial charge >= 0.3 is 5.97 Å². The maximum absolute atomic E-state index is 11.1. The van der Waals surface area contributed by atoms with Crippen LogP contribution in [-0.4, -0.2) is 31.6 Å². The zero-order chi connectivity index (χ0) is 15.4. The molecule has 0 saturated heterocycles. The maximum Gasteiger partial charge on any atom is 0.302 e. The summed E-state index contributed by atoms with van der Waals surface area (Å²) in [5, 5.41) is 0. The number of rotatable bonds is 7. The number of esters is 1. The van der Waals surface area contributed by atoms with Crippen LogP contribution in [0.2, 0.25) is 0 Å². The van der Waals surface area contributed by atoms with Gasteiger partial charge in [0.15, 0.2) is 0 Å². The van der Waals surface area contributed by atoms with Gasteiger partial charge in [-0.25, -0.2) is 0 Å². The van der Waals surface area contributed by atoms with E-state index in [0.717, 1.165) is 12.8 Å². The molecule has 0 aliphatic carbocycles. The van der Waals surface area contributed by atoms with Gasteiger partial charge in [-0.05, 0) is 18.8 Å². The second kappa shape index (κ2) is 12.2. The van der Waals surface area contributed by atoms with Crippen molar-refractivity contribution in [3.63, 3.8) is 0 Å². The van der Waals surface area contributed by atoms with E-state index in [-0.39, 0.29) is 12.1 Å². The zero-order valence-electron chi connectivity index (χ0n) is 13.5. The third-order valence-corrected chi connectivity index (χ3v) is 2.04. The average molecular weight is 274 g/mol. The Morgan fingerprint density at radius 2 is 1.37 bits per heavy atom. The molecule has 19 heavy (non-hydrogen) atoms. The number of hydrogen-bond acceptors (Lipinski definition) is 4. The lowest BCUT2D eigenvalue weighted by molar-refractivity contribution is -0.147. The summed E-state index contributed by atoms with van der Waals surface area (Å²) < 4.78 is 9.45. The second-order valence-electron chi connectivity index (χ2n) is 5.61. The van der Waals surface area contributed by atoms with E-state index in [1.165, 1.54) is 6.92 Å². The fourth-order valence-electron chi connectivity index (χ4n) is 1.55. The average Bonchev–Trinajstić information content (AvgIpc) is 2.13. The molecular formula is C15H30O4. The van der Waals surface area contributed by atoms with Gasteiger partial charge in [-0.15, -0.1) is 0 Å². The van der Waals surface area contributed by atoms with Crippen molar-refractivity contribution in [2.75, 3.05) is 13.7 Å². The Bertz CT molecular complexity index is 235. The first kappa shape index (κ1) is 20.4. The van der Waals surface area contributed by atoms with Crippen LogP contribution in [0.3, 0.4) is 0 Å². The molecule has 0 amide bonds. The largest absolute Gasteiger partial charge is 0.460 e. The Morgan fingerprint density at radius 3 is 1.63 bits per heavy atom. The SMILES string of the molecule is CC(C)CC(=O)CC(C)C.COCC(C)OC(C)=O. The lowest BCUT2D eigenvalue weighted by Gasteiger charge is -2.08. The highest BCUT2D eigenvalue weighted by atomic mass is 16.6. The molecule has 0 saturated carbocycles. The Balaban J connectivity index is 0. The number of ketones is 1. The van der Waals surface area contributed by atoms with Crippen molar-refractivity contribution >= 4 is 11.8 Å². The van der Waals surface area contributed by atoms with E-state index in [4.69, 9.17) is 9.47 Å². The van der Waals surface area contributed by atoms with Gasteiger partial charge in [0, 0.05) is 26.9 Å². The number of ether oxygens (including phenoxy) is 2. The molecule has 0 aliphatic heterocycles. The van der Waals surface area contributed by atoms with Crippen molar-refractivity contribution in [2.24, 2.45) is 11.8 Å². The highest BCUT2D eigenvalue weighted by molar-refractivity contribution is 5.78. The van der Waals surface area contributed by atoms with Crippen LogP contribution in [0.15, 0.2) is 0 Å². The molecule has 0 N–H and O–H groups in total. The van der Waals surface area contributed by atoms with Crippen molar-refractivity contribution in [2.45, 2.75) is 60.5 Å². The normalized spacial score (nSPS) is 11.8. The summed E-state index contributed by atoms with van der Waals surface area (Å²) >= 11 is 0. The molecule has 0 aromatic heterocycles. The van der Waals surface area contributed by atoms with Crippen molar-refractivity contribution in [3.05, 3.63) is 0 Å². The Kier molecular flexibility index (Phi) is 13.1. The summed E-state index contributed by atoms with van der Waals surface area (Å²) in [7, 11) is 1.57. The van der Waals surface area contributed by atoms with Gasteiger partial charge in [0.25, 0.3) is 0 Å². The summed E-state index contributed by atoms with van der Waals surface area (Å²) in [5.74, 6) is 1.18. The van der Waals surface area contributed by atoms with Gasteiger partial charge in [0.05, 0.1) is 6.61 Å². The summed E-state index contributed by atoms with van der Waals surface area (Å²) in [5.41, 5.74) is 0. The van der Waals surface area contributed by atoms with Gasteiger partial charge in [-0.3, -0.25) is 9.59 Å². The number of carbonyl (C=O) groups is 2. The predicted octanol–water partition coefficient (Wildman–Crippen LogP) is 3.23. The minimum Gasteiger partial charge on any atom is -0.460 e. The molecule has 0 spiro atoms. The Labute approximate surface area is 117 Å². The molecule has 0 bridgehead atoms. The first-order valence-corrected chi connectivity index (χ1v) is 6.86. The highest BCUT2D eigenvalue weighted by Crippen LogP contribution is 2.07. The van der Waals surface area contributed by atoms with Gasteiger partial charge in [-0.1, -0.05) is 27.7 Å². The standard InChI is InChI=1S/C9H18O.C6H12O3/c1-7(2)5-9(10)6-8(3)4;1-5(4-8-3)9-6(2)7/h7-8H,5-6H2,1-4H3;5H,4H2,1-3H3. The first-order chi connectivity index (χ1) is 8.68. The monoisotopic (exact) mass is 274 g/mol. The van der Waals surface area contributed by atoms with Gasteiger partial charge in [0.2, 0.25) is 0 Å². The summed E-state index contributed by atoms with van der Waals surface area (Å²) in [6, 6.07) is 0. The summed E-state index contributed by atoms with van der Waals surface area (Å²) in [4.78, 5) is 21.3. The van der Waals surface area contributed by atoms with Crippen LogP contribution in [0.4, 0.5) is 0 Å². The van der Waals surface area contributed by atoms with Crippen LogP contribution in [0.5, 0.6) is 0 Å². The lowest BCUT2D eigenvalue weighted by Crippen LogP contribution is -2.17. The molecule has 0 aliphatic rings. The van der Waals surface area contributed by atoms with Gasteiger partial charge < -0.3 is 9.47 Å². The van der Waals surface area contributed by atoms with Gasteiger partial charge in [-0.2, -0.15) is 0 Å². The van der Waals surface area contributed by atoms with Crippen molar-refractivity contribution < 1.29 is 19.1 Å². The van der Waals surface area contributed by atoms with E-state index in [2.05, 4.69) is 27.7 Å². The van der Waals surface area contributed by atoms with Crippen molar-refractivity contribution in [1.82, 2.24) is 0 Å². The van der Waals surface area contributed by atoms with E-state index in [9.17, 15) is 9.59 Å². The van der Waals surface area contributed by atoms with E-state index < -0.39 is 0 Å². The molecule has 0 rings (SSSR count). The first-order valence-electron chi connectivity index (χ1n) is 6.86. The molecule has 0 radical (unpaired) electrons. The molecule has 0 aromatic carbocycles. The fraction of sp³-hybridized carbons (Fsp3) is 0.867. The van der Waals surface area contributed by atoms with Crippen molar-refractivity contribution in [3.8, 4) is 0 Å². The smallest absolute Gasteiger partial charge is 0.302 e. The molecule has 0 heterocycles. The summed E-state index contributed by atoms with van der Waals surface area (Å²) in [6.45, 7) is 11.9. The van der Waals surface area contributed by atoms with Crippen LogP contribution in [0, 0.1) is 11.8 Å². The molecule has 4 heteroatoms. The van der Waals surface area contributed by atoms with Crippen LogP contribution >= 0.6 is 0 Å². The van der Waals surface area contributed by atoms with E-state index in [1.807, 2.05) is 0 Å². The number of hydrogen-bond donors (Lipinski definition) is 0. The van der Waals surface area contributed by atoms with Gasteiger partial charge in [0.1, 0.15) is 11.9 Å². The summed E-state index contributed by atoms with van der Waals surface area (Å²) in [6.07, 6.45) is 1.36. The Morgan fingerprint density at radius 1 is 0.947 bits per heavy atom. The number of Topliss-reactive ketones (excluding diaryl/α,β-unsaturated/α-hetero) is 1. The van der Waals surface area contributed by atoms with E-state index >= 15 is 0 Å². The highest BCUT2D eigenvalue weighted by Gasteiger charge is 2.06. The third-order valence-electron chi connectivity index (χ3n) is 2.04. The molecular weight excluding hydrogens is 244 g/mol.